The molecule has 0 bridgehead atoms. The van der Waals surface area contributed by atoms with Crippen LogP contribution >= 0.6 is 0 Å². The number of pyridine rings is 1. The van der Waals surface area contributed by atoms with Crippen LogP contribution in [-0.4, -0.2) is 22.1 Å². The molecular formula is C16H21N3O. The van der Waals surface area contributed by atoms with Crippen molar-refractivity contribution in [2.24, 2.45) is 0 Å². The van der Waals surface area contributed by atoms with E-state index in [2.05, 4.69) is 27.4 Å². The molecule has 1 unspecified atom stereocenters. The molecule has 0 saturated heterocycles. The van der Waals surface area contributed by atoms with E-state index in [9.17, 15) is 0 Å². The van der Waals surface area contributed by atoms with E-state index < -0.39 is 0 Å². The van der Waals surface area contributed by atoms with E-state index in [0.717, 1.165) is 24.0 Å². The Hall–Kier alpha value is -1.81. The van der Waals surface area contributed by atoms with Gasteiger partial charge in [-0.05, 0) is 39.8 Å². The lowest BCUT2D eigenvalue weighted by Crippen LogP contribution is -2.24. The van der Waals surface area contributed by atoms with Gasteiger partial charge in [-0.3, -0.25) is 0 Å². The van der Waals surface area contributed by atoms with Crippen LogP contribution in [0.5, 0.6) is 5.88 Å². The molecule has 3 rings (SSSR count). The molecular weight excluding hydrogens is 250 g/mol. The zero-order valence-corrected chi connectivity index (χ0v) is 12.2. The Morgan fingerprint density at radius 3 is 2.85 bits per heavy atom. The number of hydrogen-bond acceptors (Lipinski definition) is 3. The summed E-state index contributed by atoms with van der Waals surface area (Å²) in [5, 5.41) is 3.49. The Balaban J connectivity index is 1.99. The van der Waals surface area contributed by atoms with Crippen LogP contribution in [0.25, 0.3) is 11.0 Å². The van der Waals surface area contributed by atoms with Crippen molar-refractivity contribution in [2.75, 3.05) is 6.54 Å². The predicted octanol–water partition coefficient (Wildman–Crippen LogP) is 3.33. The van der Waals surface area contributed by atoms with E-state index in [1.54, 1.807) is 0 Å². The van der Waals surface area contributed by atoms with Gasteiger partial charge in [-0.15, -0.1) is 0 Å². The number of rotatable bonds is 2. The topological polar surface area (TPSA) is 49.9 Å². The summed E-state index contributed by atoms with van der Waals surface area (Å²) in [4.78, 5) is 7.95. The Labute approximate surface area is 119 Å². The van der Waals surface area contributed by atoms with E-state index in [0.29, 0.717) is 5.88 Å². The van der Waals surface area contributed by atoms with E-state index in [1.807, 2.05) is 39.1 Å². The summed E-state index contributed by atoms with van der Waals surface area (Å²) >= 11 is 0. The molecule has 4 nitrogen and oxygen atoms in total. The second-order valence-electron chi connectivity index (χ2n) is 6.15. The van der Waals surface area contributed by atoms with E-state index >= 15 is 0 Å². The molecule has 0 radical (unpaired) electrons. The van der Waals surface area contributed by atoms with Gasteiger partial charge in [0.1, 0.15) is 5.60 Å². The van der Waals surface area contributed by atoms with Gasteiger partial charge in [-0.2, -0.15) is 0 Å². The third-order valence-corrected chi connectivity index (χ3v) is 3.28. The quantitative estimate of drug-likeness (QED) is 0.824. The highest BCUT2D eigenvalue weighted by Crippen LogP contribution is 2.27. The molecule has 0 saturated carbocycles. The lowest BCUT2D eigenvalue weighted by atomic mass is 10.1. The van der Waals surface area contributed by atoms with Gasteiger partial charge >= 0.3 is 0 Å². The summed E-state index contributed by atoms with van der Waals surface area (Å²) in [6, 6.07) is 4.17. The highest BCUT2D eigenvalue weighted by Gasteiger charge is 2.18. The van der Waals surface area contributed by atoms with Gasteiger partial charge in [-0.1, -0.05) is 12.2 Å². The minimum atomic E-state index is -0.236. The number of nitrogens with one attached hydrogen (secondary N) is 2. The molecule has 0 aromatic carbocycles. The first-order valence-electron chi connectivity index (χ1n) is 7.10. The normalized spacial score (nSPS) is 19.4. The van der Waals surface area contributed by atoms with Crippen molar-refractivity contribution < 1.29 is 4.74 Å². The second-order valence-corrected chi connectivity index (χ2v) is 6.15. The van der Waals surface area contributed by atoms with E-state index in [4.69, 9.17) is 4.74 Å². The third kappa shape index (κ3) is 2.70. The SMILES string of the molecule is CC(C)(C)Oc1ccc2[nH]cc(C3C=CCCN3)c2n1. The zero-order valence-electron chi connectivity index (χ0n) is 12.2. The maximum absolute atomic E-state index is 5.86. The number of aromatic nitrogens is 2. The summed E-state index contributed by atoms with van der Waals surface area (Å²) < 4.78 is 5.86. The van der Waals surface area contributed by atoms with Gasteiger partial charge in [-0.25, -0.2) is 4.98 Å². The predicted molar refractivity (Wildman–Crippen MR) is 81.0 cm³/mol. The van der Waals surface area contributed by atoms with Crippen LogP contribution in [0.2, 0.25) is 0 Å². The van der Waals surface area contributed by atoms with Crippen molar-refractivity contribution in [3.63, 3.8) is 0 Å². The second kappa shape index (κ2) is 4.94. The molecule has 20 heavy (non-hydrogen) atoms. The van der Waals surface area contributed by atoms with Gasteiger partial charge in [0, 0.05) is 17.8 Å². The van der Waals surface area contributed by atoms with Gasteiger partial charge in [0.2, 0.25) is 5.88 Å². The monoisotopic (exact) mass is 271 g/mol. The van der Waals surface area contributed by atoms with Crippen LogP contribution < -0.4 is 10.1 Å². The molecule has 0 aliphatic carbocycles. The van der Waals surface area contributed by atoms with Crippen molar-refractivity contribution in [3.05, 3.63) is 36.0 Å². The Morgan fingerprint density at radius 2 is 2.15 bits per heavy atom. The van der Waals surface area contributed by atoms with Crippen LogP contribution in [0.3, 0.4) is 0 Å². The number of H-pyrrole nitrogens is 1. The van der Waals surface area contributed by atoms with Crippen LogP contribution in [-0.2, 0) is 0 Å². The molecule has 3 heterocycles. The molecule has 0 spiro atoms. The molecule has 1 aliphatic rings. The number of fused-ring (bicyclic) bond motifs is 1. The lowest BCUT2D eigenvalue weighted by molar-refractivity contribution is 0.124. The molecule has 4 heteroatoms. The molecule has 2 N–H and O–H groups in total. The van der Waals surface area contributed by atoms with Crippen molar-refractivity contribution in [1.29, 1.82) is 0 Å². The van der Waals surface area contributed by atoms with Crippen molar-refractivity contribution >= 4 is 11.0 Å². The largest absolute Gasteiger partial charge is 0.472 e. The van der Waals surface area contributed by atoms with Crippen LogP contribution in [0.1, 0.15) is 38.8 Å². The summed E-state index contributed by atoms with van der Waals surface area (Å²) in [7, 11) is 0. The van der Waals surface area contributed by atoms with Crippen molar-refractivity contribution in [1.82, 2.24) is 15.3 Å². The summed E-state index contributed by atoms with van der Waals surface area (Å²) in [5.41, 5.74) is 2.97. The van der Waals surface area contributed by atoms with Crippen molar-refractivity contribution in [3.8, 4) is 5.88 Å². The molecule has 2 aromatic heterocycles. The fraction of sp³-hybridized carbons (Fsp3) is 0.438. The lowest BCUT2D eigenvalue weighted by Gasteiger charge is -2.21. The number of nitrogens with zero attached hydrogens (tertiary/aromatic N) is 1. The first-order valence-corrected chi connectivity index (χ1v) is 7.10. The maximum Gasteiger partial charge on any atom is 0.214 e. The highest BCUT2D eigenvalue weighted by atomic mass is 16.5. The van der Waals surface area contributed by atoms with E-state index in [-0.39, 0.29) is 11.6 Å². The standard InChI is InChI=1S/C16H21N3O/c1-16(2,3)20-14-8-7-13-15(19-14)11(10-18-13)12-6-4-5-9-17-12/h4,6-8,10,12,17-18H,5,9H2,1-3H3. The minimum absolute atomic E-state index is 0.231. The number of hydrogen-bond donors (Lipinski definition) is 2. The highest BCUT2D eigenvalue weighted by molar-refractivity contribution is 5.80. The molecule has 1 atom stereocenters. The average Bonchev–Trinajstić information content (AvgIpc) is 2.81. The number of aromatic amines is 1. The molecule has 0 fully saturated rings. The molecule has 106 valence electrons. The summed E-state index contributed by atoms with van der Waals surface area (Å²) in [6.45, 7) is 7.10. The molecule has 1 aliphatic heterocycles. The van der Waals surface area contributed by atoms with Gasteiger partial charge in [0.25, 0.3) is 0 Å². The first-order chi connectivity index (χ1) is 9.53. The smallest absolute Gasteiger partial charge is 0.214 e. The van der Waals surface area contributed by atoms with Gasteiger partial charge < -0.3 is 15.0 Å². The Bertz CT molecular complexity index is 637. The molecule has 2 aromatic rings. The Morgan fingerprint density at radius 1 is 1.30 bits per heavy atom. The minimum Gasteiger partial charge on any atom is -0.472 e. The average molecular weight is 271 g/mol. The van der Waals surface area contributed by atoms with Crippen LogP contribution in [0, 0.1) is 0 Å². The zero-order chi connectivity index (χ0) is 14.2. The number of ether oxygens (including phenoxy) is 1. The van der Waals surface area contributed by atoms with E-state index in [1.165, 1.54) is 5.56 Å². The third-order valence-electron chi connectivity index (χ3n) is 3.28. The van der Waals surface area contributed by atoms with Crippen LogP contribution in [0.4, 0.5) is 0 Å². The maximum atomic E-state index is 5.86. The summed E-state index contributed by atoms with van der Waals surface area (Å²) in [6.07, 6.45) is 7.54. The van der Waals surface area contributed by atoms with Crippen LogP contribution in [0.15, 0.2) is 30.5 Å². The van der Waals surface area contributed by atoms with Gasteiger partial charge in [0.05, 0.1) is 17.1 Å². The van der Waals surface area contributed by atoms with Gasteiger partial charge in [0.15, 0.2) is 0 Å². The Kier molecular flexibility index (Phi) is 3.26. The fourth-order valence-electron chi connectivity index (χ4n) is 2.45. The molecule has 0 amide bonds. The first kappa shape index (κ1) is 13.2. The summed E-state index contributed by atoms with van der Waals surface area (Å²) in [5.74, 6) is 0.672. The van der Waals surface area contributed by atoms with Crippen molar-refractivity contribution in [2.45, 2.75) is 38.8 Å². The fourth-order valence-corrected chi connectivity index (χ4v) is 2.45.